The van der Waals surface area contributed by atoms with E-state index in [0.717, 1.165) is 6.07 Å². The molecule has 0 amide bonds. The van der Waals surface area contributed by atoms with Crippen LogP contribution in [0, 0.1) is 0 Å². The molecule has 1 aromatic heterocycles. The average molecular weight is 268 g/mol. The SMILES string of the molecule is COc1cc(C(F)F)c(=O)[nH]c1CBr. The van der Waals surface area contributed by atoms with Crippen molar-refractivity contribution in [3.63, 3.8) is 0 Å². The normalized spacial score (nSPS) is 10.6. The molecule has 0 aliphatic heterocycles. The van der Waals surface area contributed by atoms with Crippen molar-refractivity contribution in [2.75, 3.05) is 7.11 Å². The molecule has 0 aromatic carbocycles. The molecule has 0 unspecified atom stereocenters. The van der Waals surface area contributed by atoms with Crippen LogP contribution in [0.2, 0.25) is 0 Å². The summed E-state index contributed by atoms with van der Waals surface area (Å²) in [7, 11) is 1.36. The van der Waals surface area contributed by atoms with Crippen molar-refractivity contribution in [3.05, 3.63) is 27.7 Å². The van der Waals surface area contributed by atoms with Crippen LogP contribution in [0.25, 0.3) is 0 Å². The van der Waals surface area contributed by atoms with Crippen molar-refractivity contribution >= 4 is 15.9 Å². The van der Waals surface area contributed by atoms with Crippen LogP contribution in [0.15, 0.2) is 10.9 Å². The second-order valence-corrected chi connectivity index (χ2v) is 3.10. The van der Waals surface area contributed by atoms with Gasteiger partial charge in [0.1, 0.15) is 5.75 Å². The van der Waals surface area contributed by atoms with E-state index in [1.165, 1.54) is 7.11 Å². The highest BCUT2D eigenvalue weighted by atomic mass is 79.9. The zero-order valence-electron chi connectivity index (χ0n) is 7.31. The van der Waals surface area contributed by atoms with Crippen LogP contribution in [0.3, 0.4) is 0 Å². The second-order valence-electron chi connectivity index (χ2n) is 2.54. The van der Waals surface area contributed by atoms with Crippen molar-refractivity contribution < 1.29 is 13.5 Å². The molecule has 1 rings (SSSR count). The van der Waals surface area contributed by atoms with Gasteiger partial charge >= 0.3 is 0 Å². The van der Waals surface area contributed by atoms with Crippen molar-refractivity contribution in [1.29, 1.82) is 0 Å². The number of hydrogen-bond donors (Lipinski definition) is 1. The molecule has 14 heavy (non-hydrogen) atoms. The number of halogens is 3. The van der Waals surface area contributed by atoms with Gasteiger partial charge in [-0.25, -0.2) is 8.78 Å². The largest absolute Gasteiger partial charge is 0.495 e. The smallest absolute Gasteiger partial charge is 0.269 e. The number of pyridine rings is 1. The van der Waals surface area contributed by atoms with Gasteiger partial charge in [0.2, 0.25) is 0 Å². The standard InChI is InChI=1S/C8H8BrF2NO2/c1-14-6-2-4(7(10)11)8(13)12-5(6)3-9/h2,7H,3H2,1H3,(H,12,13). The first-order valence-electron chi connectivity index (χ1n) is 3.74. The van der Waals surface area contributed by atoms with Gasteiger partial charge < -0.3 is 9.72 Å². The summed E-state index contributed by atoms with van der Waals surface area (Å²) in [6.45, 7) is 0. The van der Waals surface area contributed by atoms with Crippen molar-refractivity contribution in [1.82, 2.24) is 4.98 Å². The number of aromatic amines is 1. The van der Waals surface area contributed by atoms with Crippen molar-refractivity contribution in [2.45, 2.75) is 11.8 Å². The topological polar surface area (TPSA) is 42.1 Å². The summed E-state index contributed by atoms with van der Waals surface area (Å²) in [6.07, 6.45) is -2.79. The van der Waals surface area contributed by atoms with E-state index < -0.39 is 17.5 Å². The van der Waals surface area contributed by atoms with Gasteiger partial charge in [-0.05, 0) is 6.07 Å². The summed E-state index contributed by atoms with van der Waals surface area (Å²) in [5.41, 5.74) is -0.913. The van der Waals surface area contributed by atoms with Gasteiger partial charge in [0.05, 0.1) is 18.4 Å². The molecule has 78 valence electrons. The first-order chi connectivity index (χ1) is 6.60. The lowest BCUT2D eigenvalue weighted by atomic mass is 10.2. The van der Waals surface area contributed by atoms with E-state index in [-0.39, 0.29) is 5.75 Å². The average Bonchev–Trinajstić information content (AvgIpc) is 2.16. The van der Waals surface area contributed by atoms with Crippen molar-refractivity contribution in [3.8, 4) is 5.75 Å². The minimum Gasteiger partial charge on any atom is -0.495 e. The van der Waals surface area contributed by atoms with E-state index >= 15 is 0 Å². The third kappa shape index (κ3) is 2.12. The van der Waals surface area contributed by atoms with Crippen LogP contribution in [0.4, 0.5) is 8.78 Å². The number of nitrogens with one attached hydrogen (secondary N) is 1. The first kappa shape index (κ1) is 11.2. The summed E-state index contributed by atoms with van der Waals surface area (Å²) >= 11 is 3.11. The molecule has 0 radical (unpaired) electrons. The zero-order valence-corrected chi connectivity index (χ0v) is 8.90. The Morgan fingerprint density at radius 1 is 1.64 bits per heavy atom. The summed E-state index contributed by atoms with van der Waals surface area (Å²) in [5.74, 6) is 0.247. The highest BCUT2D eigenvalue weighted by Gasteiger charge is 2.15. The summed E-state index contributed by atoms with van der Waals surface area (Å²) < 4.78 is 29.4. The van der Waals surface area contributed by atoms with Gasteiger partial charge in [-0.2, -0.15) is 0 Å². The minimum atomic E-state index is -2.79. The lowest BCUT2D eigenvalue weighted by molar-refractivity contribution is 0.149. The van der Waals surface area contributed by atoms with E-state index in [0.29, 0.717) is 11.0 Å². The van der Waals surface area contributed by atoms with Gasteiger partial charge in [-0.15, -0.1) is 0 Å². The molecular formula is C8H8BrF2NO2. The monoisotopic (exact) mass is 267 g/mol. The van der Waals surface area contributed by atoms with Crippen LogP contribution in [-0.4, -0.2) is 12.1 Å². The van der Waals surface area contributed by atoms with Gasteiger partial charge in [-0.1, -0.05) is 15.9 Å². The molecule has 1 aromatic rings. The molecule has 0 saturated heterocycles. The Hall–Kier alpha value is -0.910. The zero-order chi connectivity index (χ0) is 10.7. The molecule has 0 fully saturated rings. The maximum atomic E-state index is 12.3. The van der Waals surface area contributed by atoms with E-state index in [4.69, 9.17) is 4.74 Å². The summed E-state index contributed by atoms with van der Waals surface area (Å²) in [4.78, 5) is 13.4. The van der Waals surface area contributed by atoms with E-state index in [2.05, 4.69) is 20.9 Å². The number of alkyl halides is 3. The number of H-pyrrole nitrogens is 1. The Morgan fingerprint density at radius 3 is 2.71 bits per heavy atom. The highest BCUT2D eigenvalue weighted by molar-refractivity contribution is 9.08. The number of ether oxygens (including phenoxy) is 1. The minimum absolute atomic E-state index is 0.247. The van der Waals surface area contributed by atoms with Crippen LogP contribution in [0.1, 0.15) is 17.7 Å². The molecule has 3 nitrogen and oxygen atoms in total. The quantitative estimate of drug-likeness (QED) is 0.854. The Balaban J connectivity index is 3.31. The molecule has 1 N–H and O–H groups in total. The Kier molecular flexibility index (Phi) is 3.62. The number of hydrogen-bond acceptors (Lipinski definition) is 2. The summed E-state index contributed by atoms with van der Waals surface area (Å²) in [5, 5.41) is 0.342. The number of methoxy groups -OCH3 is 1. The second kappa shape index (κ2) is 4.54. The molecule has 1 heterocycles. The van der Waals surface area contributed by atoms with E-state index in [1.807, 2.05) is 0 Å². The van der Waals surface area contributed by atoms with Crippen LogP contribution in [-0.2, 0) is 5.33 Å². The molecule has 0 spiro atoms. The molecule has 0 atom stereocenters. The highest BCUT2D eigenvalue weighted by Crippen LogP contribution is 2.22. The van der Waals surface area contributed by atoms with Crippen LogP contribution in [0.5, 0.6) is 5.75 Å². The summed E-state index contributed by atoms with van der Waals surface area (Å²) in [6, 6.07) is 1.06. The fourth-order valence-corrected chi connectivity index (χ4v) is 1.42. The van der Waals surface area contributed by atoms with Crippen molar-refractivity contribution in [2.24, 2.45) is 0 Å². The third-order valence-electron chi connectivity index (χ3n) is 1.70. The van der Waals surface area contributed by atoms with E-state index in [1.54, 1.807) is 0 Å². The number of aromatic nitrogens is 1. The predicted molar refractivity (Wildman–Crippen MR) is 51.2 cm³/mol. The molecule has 6 heteroatoms. The molecule has 0 saturated carbocycles. The van der Waals surface area contributed by atoms with Gasteiger partial charge in [0.15, 0.2) is 0 Å². The molecule has 0 aliphatic carbocycles. The van der Waals surface area contributed by atoms with E-state index in [9.17, 15) is 13.6 Å². The van der Waals surface area contributed by atoms with Crippen LogP contribution < -0.4 is 10.3 Å². The Bertz CT molecular complexity index is 378. The molecule has 0 aliphatic rings. The van der Waals surface area contributed by atoms with Gasteiger partial charge in [0, 0.05) is 5.33 Å². The fourth-order valence-electron chi connectivity index (χ4n) is 1.01. The maximum Gasteiger partial charge on any atom is 0.269 e. The number of rotatable bonds is 3. The molecule has 0 bridgehead atoms. The fraction of sp³-hybridized carbons (Fsp3) is 0.375. The lowest BCUT2D eigenvalue weighted by Crippen LogP contribution is -2.15. The molecular weight excluding hydrogens is 260 g/mol. The Morgan fingerprint density at radius 2 is 2.29 bits per heavy atom. The maximum absolute atomic E-state index is 12.3. The predicted octanol–water partition coefficient (Wildman–Crippen LogP) is 2.22. The Labute approximate surface area is 87.2 Å². The van der Waals surface area contributed by atoms with Crippen LogP contribution >= 0.6 is 15.9 Å². The first-order valence-corrected chi connectivity index (χ1v) is 4.86. The lowest BCUT2D eigenvalue weighted by Gasteiger charge is -2.07. The third-order valence-corrected chi connectivity index (χ3v) is 2.26. The van der Waals surface area contributed by atoms with Gasteiger partial charge in [-0.3, -0.25) is 4.79 Å². The van der Waals surface area contributed by atoms with Gasteiger partial charge in [0.25, 0.3) is 12.0 Å².